The molecular weight excluding hydrogens is 613 g/mol. The number of rotatable bonds is 4. The van der Waals surface area contributed by atoms with Gasteiger partial charge < -0.3 is 4.90 Å². The van der Waals surface area contributed by atoms with Crippen molar-refractivity contribution in [2.45, 2.75) is 19.3 Å². The van der Waals surface area contributed by atoms with E-state index in [1.807, 2.05) is 18.2 Å². The van der Waals surface area contributed by atoms with E-state index in [4.69, 9.17) is 4.98 Å². The standard InChI is InChI=1S/C45H30N4O/c1-45(2)35-14-7-6-12-33(35)39-36(45)15-8-16-38(39)49(29-19-17-28(18-20-29)27-10-4-3-5-11-27)30-21-22-31-32-23-25-47-42-40(32)43(48-37(31)26-30)44(50)34-13-9-24-46-41(34)42/h3-26H,1-2H3. The third kappa shape index (κ3) is 4.01. The maximum absolute atomic E-state index is 13.9. The molecule has 2 aliphatic rings. The van der Waals surface area contributed by atoms with Crippen molar-refractivity contribution in [3.63, 3.8) is 0 Å². The Hall–Kier alpha value is -6.46. The van der Waals surface area contributed by atoms with Gasteiger partial charge in [0.1, 0.15) is 11.4 Å². The zero-order valence-corrected chi connectivity index (χ0v) is 27.6. The number of carbonyl (C=O) groups is 1. The minimum absolute atomic E-state index is 0.126. The summed E-state index contributed by atoms with van der Waals surface area (Å²) >= 11 is 0. The molecule has 0 aliphatic heterocycles. The highest BCUT2D eigenvalue weighted by molar-refractivity contribution is 6.27. The molecule has 8 aromatic rings. The maximum Gasteiger partial charge on any atom is 0.214 e. The fourth-order valence-electron chi connectivity index (χ4n) is 8.11. The van der Waals surface area contributed by atoms with Gasteiger partial charge in [0.05, 0.1) is 22.5 Å². The fourth-order valence-corrected chi connectivity index (χ4v) is 8.11. The Bertz CT molecular complexity index is 2700. The van der Waals surface area contributed by atoms with Crippen molar-refractivity contribution >= 4 is 44.5 Å². The second-order valence-corrected chi connectivity index (χ2v) is 13.6. The number of nitrogens with zero attached hydrogens (tertiary/aromatic N) is 4. The van der Waals surface area contributed by atoms with Gasteiger partial charge >= 0.3 is 0 Å². The van der Waals surface area contributed by atoms with Crippen molar-refractivity contribution in [1.82, 2.24) is 15.0 Å². The Morgan fingerprint density at radius 3 is 2.14 bits per heavy atom. The first-order chi connectivity index (χ1) is 24.5. The lowest BCUT2D eigenvalue weighted by Crippen LogP contribution is -2.16. The van der Waals surface area contributed by atoms with Crippen LogP contribution in [0.1, 0.15) is 41.0 Å². The largest absolute Gasteiger partial charge is 0.310 e. The third-order valence-electron chi connectivity index (χ3n) is 10.5. The van der Waals surface area contributed by atoms with Crippen LogP contribution < -0.4 is 4.90 Å². The highest BCUT2D eigenvalue weighted by Gasteiger charge is 2.38. The number of hydrogen-bond acceptors (Lipinski definition) is 5. The molecule has 0 spiro atoms. The average molecular weight is 643 g/mol. The number of hydrogen-bond donors (Lipinski definition) is 0. The molecule has 5 aromatic carbocycles. The van der Waals surface area contributed by atoms with Crippen LogP contribution in [0, 0.1) is 0 Å². The van der Waals surface area contributed by atoms with Crippen molar-refractivity contribution in [3.05, 3.63) is 168 Å². The van der Waals surface area contributed by atoms with Crippen LogP contribution in [-0.2, 0) is 5.41 Å². The van der Waals surface area contributed by atoms with Crippen molar-refractivity contribution in [3.8, 4) is 33.6 Å². The van der Waals surface area contributed by atoms with E-state index < -0.39 is 0 Å². The molecule has 0 unspecified atom stereocenters. The summed E-state index contributed by atoms with van der Waals surface area (Å²) in [5.74, 6) is -0.126. The number of carbonyl (C=O) groups excluding carboxylic acids is 1. The van der Waals surface area contributed by atoms with Crippen molar-refractivity contribution in [2.24, 2.45) is 0 Å². The van der Waals surface area contributed by atoms with E-state index in [0.29, 0.717) is 22.6 Å². The van der Waals surface area contributed by atoms with Crippen molar-refractivity contribution < 1.29 is 4.79 Å². The second kappa shape index (κ2) is 10.5. The summed E-state index contributed by atoms with van der Waals surface area (Å²) in [6, 6.07) is 46.6. The Balaban J connectivity index is 1.22. The lowest BCUT2D eigenvalue weighted by atomic mass is 9.82. The van der Waals surface area contributed by atoms with Gasteiger partial charge in [-0.1, -0.05) is 98.8 Å². The van der Waals surface area contributed by atoms with Crippen LogP contribution >= 0.6 is 0 Å². The molecule has 236 valence electrons. The van der Waals surface area contributed by atoms with E-state index in [0.717, 1.165) is 44.3 Å². The number of benzene rings is 5. The molecule has 5 heteroatoms. The van der Waals surface area contributed by atoms with E-state index in [1.165, 1.54) is 27.8 Å². The Labute approximate surface area is 289 Å². The Morgan fingerprint density at radius 1 is 0.560 bits per heavy atom. The molecule has 0 radical (unpaired) electrons. The van der Waals surface area contributed by atoms with Crippen molar-refractivity contribution in [1.29, 1.82) is 0 Å². The van der Waals surface area contributed by atoms with Crippen LogP contribution in [0.2, 0.25) is 0 Å². The molecule has 2 aliphatic carbocycles. The van der Waals surface area contributed by atoms with Gasteiger partial charge in [0.15, 0.2) is 0 Å². The maximum atomic E-state index is 13.9. The molecule has 3 aromatic heterocycles. The van der Waals surface area contributed by atoms with Gasteiger partial charge in [-0.15, -0.1) is 0 Å². The Kier molecular flexibility index (Phi) is 6.00. The highest BCUT2D eigenvalue weighted by atomic mass is 16.1. The monoisotopic (exact) mass is 642 g/mol. The summed E-state index contributed by atoms with van der Waals surface area (Å²) in [7, 11) is 0. The third-order valence-corrected chi connectivity index (χ3v) is 10.5. The molecule has 0 bridgehead atoms. The van der Waals surface area contributed by atoms with Crippen molar-refractivity contribution in [2.75, 3.05) is 4.90 Å². The minimum atomic E-state index is -0.144. The van der Waals surface area contributed by atoms with Crippen LogP contribution in [0.15, 0.2) is 146 Å². The molecule has 0 fully saturated rings. The summed E-state index contributed by atoms with van der Waals surface area (Å²) in [6.45, 7) is 4.62. The van der Waals surface area contributed by atoms with Gasteiger partial charge in [0.25, 0.3) is 0 Å². The van der Waals surface area contributed by atoms with Gasteiger partial charge in [0.2, 0.25) is 5.78 Å². The fraction of sp³-hybridized carbons (Fsp3) is 0.0667. The molecule has 50 heavy (non-hydrogen) atoms. The van der Waals surface area contributed by atoms with Gasteiger partial charge in [0, 0.05) is 45.5 Å². The summed E-state index contributed by atoms with van der Waals surface area (Å²) in [5, 5.41) is 2.67. The molecule has 0 atom stereocenters. The molecule has 0 N–H and O–H groups in total. The zero-order chi connectivity index (χ0) is 33.6. The van der Waals surface area contributed by atoms with Crippen LogP contribution in [0.25, 0.3) is 55.3 Å². The quantitative estimate of drug-likeness (QED) is 0.179. The number of anilines is 3. The minimum Gasteiger partial charge on any atom is -0.310 e. The van der Waals surface area contributed by atoms with E-state index in [-0.39, 0.29) is 11.2 Å². The van der Waals surface area contributed by atoms with E-state index in [2.05, 4.69) is 138 Å². The number of ketones is 1. The summed E-state index contributed by atoms with van der Waals surface area (Å²) < 4.78 is 0. The molecular formula is C45H30N4O. The number of pyridine rings is 3. The molecule has 0 saturated heterocycles. The van der Waals surface area contributed by atoms with Crippen LogP contribution in [0.3, 0.4) is 0 Å². The summed E-state index contributed by atoms with van der Waals surface area (Å²) in [5.41, 5.74) is 13.4. The van der Waals surface area contributed by atoms with Crippen LogP contribution in [0.4, 0.5) is 17.1 Å². The normalized spacial score (nSPS) is 13.6. The lowest BCUT2D eigenvalue weighted by Gasteiger charge is -2.29. The second-order valence-electron chi connectivity index (χ2n) is 13.6. The molecule has 0 saturated carbocycles. The van der Waals surface area contributed by atoms with E-state index in [9.17, 15) is 4.79 Å². The highest BCUT2D eigenvalue weighted by Crippen LogP contribution is 2.54. The van der Waals surface area contributed by atoms with E-state index in [1.54, 1.807) is 18.5 Å². The van der Waals surface area contributed by atoms with Gasteiger partial charge in [-0.3, -0.25) is 14.8 Å². The number of aromatic nitrogens is 3. The number of fused-ring (bicyclic) bond motifs is 7. The molecule has 10 rings (SSSR count). The predicted molar refractivity (Wildman–Crippen MR) is 201 cm³/mol. The molecule has 5 nitrogen and oxygen atoms in total. The van der Waals surface area contributed by atoms with Crippen LogP contribution in [-0.4, -0.2) is 20.7 Å². The smallest absolute Gasteiger partial charge is 0.214 e. The lowest BCUT2D eigenvalue weighted by molar-refractivity contribution is 0.103. The van der Waals surface area contributed by atoms with Gasteiger partial charge in [-0.2, -0.15) is 0 Å². The zero-order valence-electron chi connectivity index (χ0n) is 27.6. The summed E-state index contributed by atoms with van der Waals surface area (Å²) in [6.07, 6.45) is 3.51. The summed E-state index contributed by atoms with van der Waals surface area (Å²) in [4.78, 5) is 30.5. The van der Waals surface area contributed by atoms with E-state index >= 15 is 0 Å². The van der Waals surface area contributed by atoms with Gasteiger partial charge in [-0.05, 0) is 81.7 Å². The van der Waals surface area contributed by atoms with Gasteiger partial charge in [-0.25, -0.2) is 4.98 Å². The molecule has 3 heterocycles. The van der Waals surface area contributed by atoms with Crippen LogP contribution in [0.5, 0.6) is 0 Å². The average Bonchev–Trinajstić information content (AvgIpc) is 3.41. The predicted octanol–water partition coefficient (Wildman–Crippen LogP) is 10.8. The Morgan fingerprint density at radius 2 is 1.28 bits per heavy atom. The first-order valence-corrected chi connectivity index (χ1v) is 16.9. The molecule has 0 amide bonds. The SMILES string of the molecule is CC1(C)c2ccccc2-c2c(N(c3ccc(-c4ccccc4)cc3)c3ccc4c(c3)nc3c5c(nccc54)-c4ncccc4C3=O)cccc21. The first-order valence-electron chi connectivity index (χ1n) is 16.9. The topological polar surface area (TPSA) is 59.0 Å². The first kappa shape index (κ1) is 28.5.